The summed E-state index contributed by atoms with van der Waals surface area (Å²) in [6, 6.07) is 70.7. The minimum Gasteiger partial charge on any atom is -0.201 e. The molecule has 0 N–H and O–H groups in total. The third-order valence-corrected chi connectivity index (χ3v) is 21.5. The number of hydrogen-bond donors (Lipinski definition) is 0. The van der Waals surface area contributed by atoms with Gasteiger partial charge in [0.25, 0.3) is 0 Å². The minimum absolute atomic E-state index is 0.0481. The molecular formula is C90H92N4+4. The zero-order valence-corrected chi connectivity index (χ0v) is 58.6. The molecule has 0 bridgehead atoms. The lowest BCUT2D eigenvalue weighted by atomic mass is 9.81. The van der Waals surface area contributed by atoms with Crippen molar-refractivity contribution >= 4 is 0 Å². The van der Waals surface area contributed by atoms with E-state index in [1.54, 1.807) is 0 Å². The maximum Gasteiger partial charge on any atom is 0.213 e. The molecule has 0 aliphatic heterocycles. The Morgan fingerprint density at radius 2 is 0.585 bits per heavy atom. The molecule has 0 spiro atoms. The van der Waals surface area contributed by atoms with Gasteiger partial charge in [0.15, 0.2) is 24.8 Å². The predicted molar refractivity (Wildman–Crippen MR) is 391 cm³/mol. The lowest BCUT2D eigenvalue weighted by Gasteiger charge is -2.22. The molecular weight excluding hydrogens is 1140 g/mol. The van der Waals surface area contributed by atoms with E-state index in [0.717, 1.165) is 5.56 Å². The van der Waals surface area contributed by atoms with Gasteiger partial charge in [-0.25, -0.2) is 18.3 Å². The summed E-state index contributed by atoms with van der Waals surface area (Å²) in [7, 11) is 8.45. The molecule has 8 aromatic carbocycles. The van der Waals surface area contributed by atoms with E-state index in [0.29, 0.717) is 12.1 Å². The van der Waals surface area contributed by atoms with Crippen LogP contribution < -0.4 is 18.3 Å². The summed E-state index contributed by atoms with van der Waals surface area (Å²) in [4.78, 5) is 0. The van der Waals surface area contributed by atoms with Crippen molar-refractivity contribution in [3.63, 3.8) is 0 Å². The standard InChI is InChI=1S/2C23H24N.2C22H22N/c1-15-9-8-10-17-20(15)22-18(23(17,3)4)13-12-16(2)21(22)19-11-6-7-14-24(19)5;1-15-9-11-18-17(14-15)22-19(23(18,3)4)12-10-16(2)21(22)20-8-6-7-13-24(20)5;2*1-15-12-13-18-21(20(15)19-11-7-8-14-23(19)4)16-9-5-6-10-17(16)22(18,2)3/h2*6-14H,1-5H3;2*5-14H,1-4H3/q4*+1/i;;10D;6D. The van der Waals surface area contributed by atoms with E-state index >= 15 is 0 Å². The molecule has 4 aliphatic carbocycles. The minimum atomic E-state index is -0.140. The number of nitrogens with zero attached hydrogens (tertiary/aromatic N) is 4. The van der Waals surface area contributed by atoms with Crippen LogP contribution in [0.25, 0.3) is 89.5 Å². The van der Waals surface area contributed by atoms with E-state index in [1.165, 1.54) is 162 Å². The fourth-order valence-corrected chi connectivity index (χ4v) is 16.3. The highest BCUT2D eigenvalue weighted by Gasteiger charge is 2.43. The van der Waals surface area contributed by atoms with Gasteiger partial charge < -0.3 is 0 Å². The number of aryl methyl sites for hydroxylation is 10. The first kappa shape index (κ1) is 60.6. The van der Waals surface area contributed by atoms with Crippen LogP contribution in [0.5, 0.6) is 0 Å². The van der Waals surface area contributed by atoms with E-state index < -0.39 is 0 Å². The molecule has 4 heterocycles. The van der Waals surface area contributed by atoms with Gasteiger partial charge in [-0.3, -0.25) is 0 Å². The number of aromatic nitrogens is 4. The van der Waals surface area contributed by atoms with Gasteiger partial charge in [-0.1, -0.05) is 194 Å². The summed E-state index contributed by atoms with van der Waals surface area (Å²) in [6.45, 7) is 31.6. The second-order valence-electron chi connectivity index (χ2n) is 29.0. The molecule has 0 amide bonds. The van der Waals surface area contributed by atoms with Crippen molar-refractivity contribution < 1.29 is 21.0 Å². The van der Waals surface area contributed by atoms with Crippen LogP contribution in [0, 0.1) is 41.5 Å². The van der Waals surface area contributed by atoms with E-state index in [9.17, 15) is 0 Å². The Balaban J connectivity index is 0.000000116. The van der Waals surface area contributed by atoms with Gasteiger partial charge in [-0.05, 0) is 160 Å². The Kier molecular flexibility index (Phi) is 15.3. The van der Waals surface area contributed by atoms with Crippen molar-refractivity contribution in [3.05, 3.63) is 309 Å². The number of benzene rings is 8. The zero-order valence-electron chi connectivity index (χ0n) is 60.6. The van der Waals surface area contributed by atoms with Crippen molar-refractivity contribution in [1.29, 1.82) is 0 Å². The molecule has 12 aromatic rings. The highest BCUT2D eigenvalue weighted by Crippen LogP contribution is 2.57. The van der Waals surface area contributed by atoms with E-state index in [2.05, 4.69) is 338 Å². The fourth-order valence-electron chi connectivity index (χ4n) is 16.3. The van der Waals surface area contributed by atoms with Crippen LogP contribution in [-0.4, -0.2) is 0 Å². The summed E-state index contributed by atoms with van der Waals surface area (Å²) in [5, 5.41) is 0. The Hall–Kier alpha value is -9.64. The predicted octanol–water partition coefficient (Wildman–Crippen LogP) is 19.8. The van der Waals surface area contributed by atoms with Crippen LogP contribution in [0.15, 0.2) is 231 Å². The van der Waals surface area contributed by atoms with Gasteiger partial charge in [0, 0.05) is 92.4 Å². The molecule has 0 atom stereocenters. The smallest absolute Gasteiger partial charge is 0.201 e. The molecule has 0 saturated heterocycles. The van der Waals surface area contributed by atoms with E-state index in [-0.39, 0.29) is 21.7 Å². The number of fused-ring (bicyclic) bond motifs is 12. The van der Waals surface area contributed by atoms with E-state index in [1.807, 2.05) is 24.3 Å². The Bertz CT molecular complexity index is 5090. The summed E-state index contributed by atoms with van der Waals surface area (Å²) in [5.41, 5.74) is 39.8. The average Bonchev–Trinajstić information content (AvgIpc) is 1.59. The average molecular weight is 1230 g/mol. The molecule has 0 fully saturated rings. The third-order valence-electron chi connectivity index (χ3n) is 21.5. The van der Waals surface area contributed by atoms with Gasteiger partial charge in [-0.15, -0.1) is 0 Å². The van der Waals surface area contributed by atoms with Crippen LogP contribution in [-0.2, 0) is 49.9 Å². The molecule has 4 aliphatic rings. The lowest BCUT2D eigenvalue weighted by Crippen LogP contribution is -2.30. The normalized spacial score (nSPS) is 14.7. The third kappa shape index (κ3) is 10.2. The molecule has 4 aromatic heterocycles. The lowest BCUT2D eigenvalue weighted by molar-refractivity contribution is -0.660. The highest BCUT2D eigenvalue weighted by atomic mass is 14.9. The topological polar surface area (TPSA) is 15.5 Å². The maximum atomic E-state index is 8.45. The van der Waals surface area contributed by atoms with Crippen molar-refractivity contribution in [1.82, 2.24) is 0 Å². The Morgan fingerprint density at radius 3 is 1.03 bits per heavy atom. The molecule has 4 nitrogen and oxygen atoms in total. The van der Waals surface area contributed by atoms with E-state index in [4.69, 9.17) is 2.74 Å². The molecule has 16 rings (SSSR count). The highest BCUT2D eigenvalue weighted by molar-refractivity contribution is 5.96. The summed E-state index contributed by atoms with van der Waals surface area (Å²) < 4.78 is 25.3. The van der Waals surface area contributed by atoms with Gasteiger partial charge in [0.05, 0.1) is 25.0 Å². The first-order valence-corrected chi connectivity index (χ1v) is 33.5. The van der Waals surface area contributed by atoms with Crippen molar-refractivity contribution in [3.8, 4) is 89.5 Å². The van der Waals surface area contributed by atoms with Crippen molar-refractivity contribution in [2.75, 3.05) is 0 Å². The van der Waals surface area contributed by atoms with Crippen LogP contribution in [0.4, 0.5) is 0 Å². The summed E-state index contributed by atoms with van der Waals surface area (Å²) in [5.74, 6) is 0. The van der Waals surface area contributed by atoms with Gasteiger partial charge >= 0.3 is 0 Å². The number of rotatable bonds is 4. The van der Waals surface area contributed by atoms with Crippen LogP contribution in [0.2, 0.25) is 0 Å². The summed E-state index contributed by atoms with van der Waals surface area (Å²) in [6.07, 6.45) is 8.45. The summed E-state index contributed by atoms with van der Waals surface area (Å²) >= 11 is 0. The molecule has 94 heavy (non-hydrogen) atoms. The van der Waals surface area contributed by atoms with Gasteiger partial charge in [0.1, 0.15) is 28.2 Å². The zero-order chi connectivity index (χ0) is 68.2. The second-order valence-corrected chi connectivity index (χ2v) is 29.0. The molecule has 0 saturated carbocycles. The van der Waals surface area contributed by atoms with Crippen LogP contribution in [0.1, 0.15) is 136 Å². The fraction of sp³-hybridized carbons (Fsp3) is 0.244. The van der Waals surface area contributed by atoms with Gasteiger partial charge in [0.2, 0.25) is 22.8 Å². The first-order chi connectivity index (χ1) is 45.7. The van der Waals surface area contributed by atoms with Crippen molar-refractivity contribution in [2.45, 2.75) is 119 Å². The Labute approximate surface area is 563 Å². The monoisotopic (exact) mass is 1230 g/mol. The van der Waals surface area contributed by atoms with Crippen LogP contribution >= 0.6 is 0 Å². The number of pyridine rings is 4. The van der Waals surface area contributed by atoms with Gasteiger partial charge in [-0.2, -0.15) is 0 Å². The first-order valence-electron chi connectivity index (χ1n) is 34.5. The molecule has 0 radical (unpaired) electrons. The largest absolute Gasteiger partial charge is 0.213 e. The van der Waals surface area contributed by atoms with Crippen LogP contribution in [0.3, 0.4) is 0 Å². The molecule has 0 unspecified atom stereocenters. The quantitative estimate of drug-likeness (QED) is 0.156. The SMILES string of the molecule is Cc1ccc2c(c1)-c1c(ccc(C)c1-c1cccc[n+]1C)C2(C)C.Cc1cccc2c1-c1c(ccc(C)c1-c1cccc[n+]1C)C2(C)C.[2H]c1ccc2c(c1)C(C)(C)c1ccc(C)c(-c3cccc[n+]3C)c1-2.[2H]c1cccc2c1C(C)(C)c1ccc(C)c(-c3cccc[n+]3C)c1-2. The maximum absolute atomic E-state index is 8.45. The second kappa shape index (κ2) is 23.7. The van der Waals surface area contributed by atoms with Crippen molar-refractivity contribution in [2.24, 2.45) is 28.2 Å². The molecule has 4 heteroatoms. The number of hydrogen-bond acceptors (Lipinski definition) is 0. The molecule has 468 valence electrons. The Morgan fingerprint density at radius 1 is 0.255 bits per heavy atom.